The van der Waals surface area contributed by atoms with E-state index in [2.05, 4.69) is 15.6 Å². The van der Waals surface area contributed by atoms with Gasteiger partial charge in [0.1, 0.15) is 11.5 Å². The summed E-state index contributed by atoms with van der Waals surface area (Å²) in [6.07, 6.45) is 3.38. The van der Waals surface area contributed by atoms with Crippen LogP contribution in [0.25, 0.3) is 5.69 Å². The Morgan fingerprint density at radius 3 is 2.69 bits per heavy atom. The van der Waals surface area contributed by atoms with Gasteiger partial charge in [0.2, 0.25) is 5.91 Å². The Kier molecular flexibility index (Phi) is 12.1. The number of nitrogens with one attached hydrogen (secondary N) is 1. The van der Waals surface area contributed by atoms with Crippen molar-refractivity contribution >= 4 is 24.2 Å². The Morgan fingerprint density at radius 2 is 1.97 bits per heavy atom. The summed E-state index contributed by atoms with van der Waals surface area (Å²) in [5, 5.41) is 11.9. The van der Waals surface area contributed by atoms with Crippen LogP contribution >= 0.6 is 12.4 Å². The molecule has 2 amide bonds. The minimum atomic E-state index is -0.430. The van der Waals surface area contributed by atoms with Crippen LogP contribution in [0.3, 0.4) is 0 Å². The second-order valence-corrected chi connectivity index (χ2v) is 9.88. The van der Waals surface area contributed by atoms with Gasteiger partial charge < -0.3 is 24.6 Å². The third-order valence-corrected chi connectivity index (χ3v) is 7.22. The topological polar surface area (TPSA) is 102 Å². The van der Waals surface area contributed by atoms with Gasteiger partial charge in [-0.3, -0.25) is 9.59 Å². The predicted octanol–water partition coefficient (Wildman–Crippen LogP) is 2.49. The third-order valence-electron chi connectivity index (χ3n) is 7.22. The van der Waals surface area contributed by atoms with Crippen LogP contribution in [0.4, 0.5) is 4.39 Å². The lowest BCUT2D eigenvalue weighted by Gasteiger charge is -2.39. The molecule has 216 valence electrons. The Hall–Kier alpha value is -2.60. The Labute approximate surface area is 235 Å². The van der Waals surface area contributed by atoms with Crippen molar-refractivity contribution in [1.82, 2.24) is 30.1 Å². The summed E-state index contributed by atoms with van der Waals surface area (Å²) < 4.78 is 26.7. The average Bonchev–Trinajstić information content (AvgIpc) is 3.37. The van der Waals surface area contributed by atoms with Crippen LogP contribution in [0, 0.1) is 11.7 Å². The van der Waals surface area contributed by atoms with Crippen molar-refractivity contribution in [3.63, 3.8) is 0 Å². The van der Waals surface area contributed by atoms with Gasteiger partial charge in [-0.1, -0.05) is 24.3 Å². The molecule has 3 heterocycles. The Balaban J connectivity index is 0.00000420. The van der Waals surface area contributed by atoms with Gasteiger partial charge in [0.25, 0.3) is 5.91 Å². The summed E-state index contributed by atoms with van der Waals surface area (Å²) in [6.45, 7) is 6.65. The first-order chi connectivity index (χ1) is 18.5. The molecule has 0 radical (unpaired) electrons. The fraction of sp³-hybridized carbons (Fsp3) is 0.630. The molecule has 2 aliphatic heterocycles. The zero-order valence-electron chi connectivity index (χ0n) is 22.8. The summed E-state index contributed by atoms with van der Waals surface area (Å²) >= 11 is 0. The van der Waals surface area contributed by atoms with E-state index in [0.29, 0.717) is 71.1 Å². The van der Waals surface area contributed by atoms with Crippen molar-refractivity contribution in [2.45, 2.75) is 45.1 Å². The molecule has 39 heavy (non-hydrogen) atoms. The number of rotatable bonds is 11. The number of ether oxygens (including phenoxy) is 2. The minimum absolute atomic E-state index is 0. The lowest BCUT2D eigenvalue weighted by Crippen LogP contribution is -2.55. The molecular formula is C27H40ClFN6O4. The van der Waals surface area contributed by atoms with Gasteiger partial charge in [0.05, 0.1) is 24.8 Å². The highest BCUT2D eigenvalue weighted by Crippen LogP contribution is 2.24. The molecule has 2 atom stereocenters. The summed E-state index contributed by atoms with van der Waals surface area (Å²) in [6, 6.07) is 6.20. The maximum atomic E-state index is 14.7. The SMILES string of the molecule is CCCN(C(=O)c1nnn(-c2ccccc2F)c1CCCCOC)[C@@H]1CNC[C@H](C(=O)N2CCOCC2)C1.Cl. The van der Waals surface area contributed by atoms with E-state index in [-0.39, 0.29) is 47.6 Å². The Morgan fingerprint density at radius 1 is 1.21 bits per heavy atom. The van der Waals surface area contributed by atoms with Gasteiger partial charge in [0, 0.05) is 52.5 Å². The number of morpholine rings is 1. The smallest absolute Gasteiger partial charge is 0.276 e. The van der Waals surface area contributed by atoms with Crippen LogP contribution in [0.5, 0.6) is 0 Å². The summed E-state index contributed by atoms with van der Waals surface area (Å²) in [7, 11) is 1.65. The number of para-hydroxylation sites is 1. The number of amides is 2. The van der Waals surface area contributed by atoms with Crippen LogP contribution in [-0.4, -0.2) is 102 Å². The highest BCUT2D eigenvalue weighted by Gasteiger charge is 2.36. The van der Waals surface area contributed by atoms with Crippen LogP contribution in [0.15, 0.2) is 24.3 Å². The first kappa shape index (κ1) is 30.9. The summed E-state index contributed by atoms with van der Waals surface area (Å²) in [4.78, 5) is 30.9. The quantitative estimate of drug-likeness (QED) is 0.417. The van der Waals surface area contributed by atoms with Crippen LogP contribution in [0.2, 0.25) is 0 Å². The van der Waals surface area contributed by atoms with Crippen molar-refractivity contribution in [3.05, 3.63) is 41.5 Å². The van der Waals surface area contributed by atoms with Gasteiger partial charge in [-0.05, 0) is 44.2 Å². The number of nitrogens with zero attached hydrogens (tertiary/aromatic N) is 5. The normalized spacial score (nSPS) is 19.4. The molecular weight excluding hydrogens is 527 g/mol. The number of carbonyl (C=O) groups is 2. The number of aromatic nitrogens is 3. The number of unbranched alkanes of at least 4 members (excludes halogenated alkanes) is 1. The molecule has 1 aromatic heterocycles. The van der Waals surface area contributed by atoms with Gasteiger partial charge in [0.15, 0.2) is 5.69 Å². The van der Waals surface area contributed by atoms with Gasteiger partial charge in [-0.25, -0.2) is 9.07 Å². The van der Waals surface area contributed by atoms with E-state index in [1.807, 2.05) is 16.7 Å². The summed E-state index contributed by atoms with van der Waals surface area (Å²) in [5.74, 6) is -0.760. The van der Waals surface area contributed by atoms with Crippen molar-refractivity contribution in [2.24, 2.45) is 5.92 Å². The van der Waals surface area contributed by atoms with E-state index < -0.39 is 5.82 Å². The average molecular weight is 567 g/mol. The van der Waals surface area contributed by atoms with E-state index in [4.69, 9.17) is 9.47 Å². The lowest BCUT2D eigenvalue weighted by molar-refractivity contribution is -0.140. The highest BCUT2D eigenvalue weighted by atomic mass is 35.5. The monoisotopic (exact) mass is 566 g/mol. The number of carbonyl (C=O) groups excluding carboxylic acids is 2. The van der Waals surface area contributed by atoms with E-state index >= 15 is 0 Å². The maximum absolute atomic E-state index is 14.7. The zero-order chi connectivity index (χ0) is 26.9. The molecule has 0 unspecified atom stereocenters. The van der Waals surface area contributed by atoms with E-state index in [9.17, 15) is 14.0 Å². The van der Waals surface area contributed by atoms with Crippen molar-refractivity contribution in [3.8, 4) is 5.69 Å². The molecule has 1 N–H and O–H groups in total. The van der Waals surface area contributed by atoms with Crippen molar-refractivity contribution in [2.75, 3.05) is 59.7 Å². The molecule has 0 spiro atoms. The molecule has 10 nitrogen and oxygen atoms in total. The molecule has 0 bridgehead atoms. The second kappa shape index (κ2) is 15.3. The largest absolute Gasteiger partial charge is 0.385 e. The fourth-order valence-corrected chi connectivity index (χ4v) is 5.26. The summed E-state index contributed by atoms with van der Waals surface area (Å²) in [5.41, 5.74) is 1.08. The zero-order valence-corrected chi connectivity index (χ0v) is 23.6. The molecule has 2 fully saturated rings. The molecule has 0 saturated carbocycles. The van der Waals surface area contributed by atoms with Crippen LogP contribution < -0.4 is 5.32 Å². The number of piperidine rings is 1. The van der Waals surface area contributed by atoms with Crippen molar-refractivity contribution in [1.29, 1.82) is 0 Å². The van der Waals surface area contributed by atoms with Crippen LogP contribution in [0.1, 0.15) is 48.8 Å². The first-order valence-corrected chi connectivity index (χ1v) is 13.6. The lowest BCUT2D eigenvalue weighted by atomic mass is 9.92. The van der Waals surface area contributed by atoms with Gasteiger partial charge in [-0.15, -0.1) is 17.5 Å². The maximum Gasteiger partial charge on any atom is 0.276 e. The van der Waals surface area contributed by atoms with E-state index in [0.717, 1.165) is 19.3 Å². The van der Waals surface area contributed by atoms with Crippen LogP contribution in [-0.2, 0) is 20.7 Å². The standard InChI is InChI=1S/C27H39FN6O4.ClH/c1-3-11-33(21-17-20(18-29-19-21)26(35)32-12-15-38-16-13-32)27(36)25-24(10-6-7-14-37-2)34(31-30-25)23-9-5-4-8-22(23)28;/h4-5,8-9,20-21,29H,3,6-7,10-19H2,1-2H3;1H/t20-,21+;/m1./s1. The van der Waals surface area contributed by atoms with E-state index in [1.165, 1.54) is 10.7 Å². The molecule has 2 aliphatic rings. The molecule has 0 aliphatic carbocycles. The fourth-order valence-electron chi connectivity index (χ4n) is 5.26. The molecule has 2 aromatic rings. The minimum Gasteiger partial charge on any atom is -0.385 e. The molecule has 2 saturated heterocycles. The predicted molar refractivity (Wildman–Crippen MR) is 147 cm³/mol. The van der Waals surface area contributed by atoms with Gasteiger partial charge >= 0.3 is 0 Å². The third kappa shape index (κ3) is 7.53. The molecule has 4 rings (SSSR count). The second-order valence-electron chi connectivity index (χ2n) is 9.88. The number of halogens is 2. The van der Waals surface area contributed by atoms with E-state index in [1.54, 1.807) is 25.3 Å². The highest BCUT2D eigenvalue weighted by molar-refractivity contribution is 5.94. The van der Waals surface area contributed by atoms with Gasteiger partial charge in [-0.2, -0.15) is 0 Å². The Bertz CT molecular complexity index is 1080. The molecule has 1 aromatic carbocycles. The van der Waals surface area contributed by atoms with Crippen molar-refractivity contribution < 1.29 is 23.5 Å². The number of benzene rings is 1. The number of hydrogen-bond acceptors (Lipinski definition) is 7. The number of methoxy groups -OCH3 is 1. The molecule has 12 heteroatoms. The number of hydrogen-bond donors (Lipinski definition) is 1. The first-order valence-electron chi connectivity index (χ1n) is 13.6.